The van der Waals surface area contributed by atoms with E-state index in [2.05, 4.69) is 23.7 Å². The van der Waals surface area contributed by atoms with Crippen molar-refractivity contribution in [2.24, 2.45) is 23.2 Å². The molecule has 1 unspecified atom stereocenters. The lowest BCUT2D eigenvalue weighted by Crippen LogP contribution is -2.56. The number of sulfone groups is 1. The zero-order valence-electron chi connectivity index (χ0n) is 19.8. The van der Waals surface area contributed by atoms with E-state index in [0.717, 1.165) is 44.1 Å². The molecule has 6 nitrogen and oxygen atoms in total. The Hall–Kier alpha value is -1.94. The molecule has 2 saturated heterocycles. The molecule has 4 saturated carbocycles. The predicted molar refractivity (Wildman–Crippen MR) is 123 cm³/mol. The van der Waals surface area contributed by atoms with Crippen LogP contribution in [0.5, 0.6) is 0 Å². The summed E-state index contributed by atoms with van der Waals surface area (Å²) in [5.74, 6) is 2.55. The summed E-state index contributed by atoms with van der Waals surface area (Å²) < 4.78 is 65.2. The molecule has 188 valence electrons. The Morgan fingerprint density at radius 2 is 1.80 bits per heavy atom. The van der Waals surface area contributed by atoms with Gasteiger partial charge in [0.25, 0.3) is 0 Å². The van der Waals surface area contributed by atoms with Gasteiger partial charge in [0.2, 0.25) is 0 Å². The molecule has 4 aliphatic carbocycles. The van der Waals surface area contributed by atoms with Crippen molar-refractivity contribution in [3.05, 3.63) is 35.7 Å². The fourth-order valence-electron chi connectivity index (χ4n) is 8.05. The van der Waals surface area contributed by atoms with Crippen LogP contribution in [0.1, 0.15) is 50.5 Å². The molecule has 8 rings (SSSR count). The number of rotatable bonds is 4. The van der Waals surface area contributed by atoms with Gasteiger partial charge in [0.05, 0.1) is 17.2 Å². The van der Waals surface area contributed by atoms with Crippen molar-refractivity contribution in [2.45, 2.75) is 56.8 Å². The zero-order chi connectivity index (χ0) is 24.5. The quantitative estimate of drug-likeness (QED) is 0.629. The number of fused-ring (bicyclic) bond motifs is 1. The van der Waals surface area contributed by atoms with Crippen molar-refractivity contribution in [2.75, 3.05) is 24.6 Å². The van der Waals surface area contributed by atoms with Gasteiger partial charge in [-0.05, 0) is 82.2 Å². The Kier molecular flexibility index (Phi) is 4.25. The van der Waals surface area contributed by atoms with E-state index in [1.54, 1.807) is 6.07 Å². The Bertz CT molecular complexity index is 1310. The number of nitrogens with zero attached hydrogens (tertiary/aromatic N) is 4. The second-order valence-electron chi connectivity index (χ2n) is 11.8. The first-order valence-electron chi connectivity index (χ1n) is 12.5. The fourth-order valence-corrected chi connectivity index (χ4v) is 10.4. The molecule has 0 N–H and O–H groups in total. The van der Waals surface area contributed by atoms with Crippen molar-refractivity contribution in [1.82, 2.24) is 19.7 Å². The van der Waals surface area contributed by atoms with Gasteiger partial charge >= 0.3 is 6.18 Å². The molecule has 35 heavy (non-hydrogen) atoms. The van der Waals surface area contributed by atoms with Crippen LogP contribution in [0.3, 0.4) is 0 Å². The van der Waals surface area contributed by atoms with E-state index < -0.39 is 21.7 Å². The lowest BCUT2D eigenvalue weighted by atomic mass is 9.80. The summed E-state index contributed by atoms with van der Waals surface area (Å²) in [5, 5.41) is 4.74. The van der Waals surface area contributed by atoms with Gasteiger partial charge in [0.15, 0.2) is 9.84 Å². The topological polar surface area (TPSA) is 68.1 Å². The number of piperidine rings is 1. The lowest BCUT2D eigenvalue weighted by Gasteiger charge is -2.48. The number of alkyl halides is 3. The summed E-state index contributed by atoms with van der Waals surface area (Å²) in [5.41, 5.74) is 1.15. The van der Waals surface area contributed by atoms with Crippen LogP contribution in [0, 0.1) is 23.2 Å². The Balaban J connectivity index is 1.13. The van der Waals surface area contributed by atoms with Crippen LogP contribution in [0.25, 0.3) is 11.4 Å². The van der Waals surface area contributed by atoms with Gasteiger partial charge in [0, 0.05) is 28.6 Å². The van der Waals surface area contributed by atoms with Crippen LogP contribution < -0.4 is 0 Å². The largest absolute Gasteiger partial charge is 0.433 e. The van der Waals surface area contributed by atoms with Crippen LogP contribution >= 0.6 is 0 Å². The smallest absolute Gasteiger partial charge is 0.300 e. The molecule has 0 aromatic carbocycles. The number of aromatic nitrogens is 3. The number of halogens is 3. The summed E-state index contributed by atoms with van der Waals surface area (Å²) in [6.45, 7) is 6.06. The van der Waals surface area contributed by atoms with E-state index in [0.29, 0.717) is 41.0 Å². The van der Waals surface area contributed by atoms with Gasteiger partial charge < -0.3 is 4.90 Å². The molecule has 10 heteroatoms. The standard InChI is InChI=1S/C25H29F3N4O2S/c1-14(2)32-20(11-17(30-32)16-4-3-5-19(29-16)25(26,27)28)24-15-10-18(22(24)21(15)24)31-8-6-23(7-9-31)12-35(33,34)13-23/h3-5,11,14-15,18,21-22H,6-10,12-13H2,1-2H3/t15-,18+,21-,22?,24-/m1/s1. The first-order chi connectivity index (χ1) is 16.5. The van der Waals surface area contributed by atoms with E-state index in [1.165, 1.54) is 6.07 Å². The highest BCUT2D eigenvalue weighted by atomic mass is 32.2. The first-order valence-corrected chi connectivity index (χ1v) is 14.4. The van der Waals surface area contributed by atoms with E-state index in [-0.39, 0.29) is 22.6 Å². The second kappa shape index (κ2) is 6.68. The minimum atomic E-state index is -4.49. The van der Waals surface area contributed by atoms with E-state index in [1.807, 2.05) is 10.7 Å². The molecule has 2 aliphatic heterocycles. The van der Waals surface area contributed by atoms with Gasteiger partial charge in [-0.25, -0.2) is 13.4 Å². The molecule has 2 aromatic rings. The molecule has 1 spiro atoms. The van der Waals surface area contributed by atoms with Gasteiger partial charge in [-0.1, -0.05) is 6.07 Å². The maximum atomic E-state index is 13.2. The number of pyridine rings is 1. The molecule has 5 atom stereocenters. The van der Waals surface area contributed by atoms with E-state index in [9.17, 15) is 21.6 Å². The molecule has 2 bridgehead atoms. The van der Waals surface area contributed by atoms with E-state index >= 15 is 0 Å². The van der Waals surface area contributed by atoms with Gasteiger partial charge in [-0.15, -0.1) is 0 Å². The molecule has 6 aliphatic rings. The minimum absolute atomic E-state index is 0.0184. The normalized spacial score (nSPS) is 36.3. The maximum absolute atomic E-state index is 13.2. The monoisotopic (exact) mass is 506 g/mol. The van der Waals surface area contributed by atoms with Crippen molar-refractivity contribution >= 4 is 9.84 Å². The Morgan fingerprint density at radius 1 is 1.09 bits per heavy atom. The summed E-state index contributed by atoms with van der Waals surface area (Å²) in [6.07, 6.45) is -1.40. The summed E-state index contributed by atoms with van der Waals surface area (Å²) in [6, 6.07) is 6.60. The third kappa shape index (κ3) is 3.01. The highest BCUT2D eigenvalue weighted by Crippen LogP contribution is 2.91. The average Bonchev–Trinajstić information content (AvgIpc) is 3.33. The molecule has 0 amide bonds. The summed E-state index contributed by atoms with van der Waals surface area (Å²) in [7, 11) is -2.81. The Labute approximate surface area is 202 Å². The highest BCUT2D eigenvalue weighted by molar-refractivity contribution is 7.92. The average molecular weight is 507 g/mol. The SMILES string of the molecule is CC(C)n1nc(-c2cccc(C(F)(F)F)n2)cc1[C@]12C3[C@@H](N4CCC5(CC4)CS(=O)(=O)C5)C[C@@H]1[C@H]32. The fraction of sp³-hybridized carbons (Fsp3) is 0.680. The van der Waals surface area contributed by atoms with Crippen LogP contribution in [-0.2, 0) is 21.4 Å². The Morgan fingerprint density at radius 3 is 2.40 bits per heavy atom. The van der Waals surface area contributed by atoms with Crippen molar-refractivity contribution < 1.29 is 21.6 Å². The molecule has 4 heterocycles. The number of hydrogen-bond acceptors (Lipinski definition) is 5. The third-order valence-electron chi connectivity index (χ3n) is 9.58. The van der Waals surface area contributed by atoms with E-state index in [4.69, 9.17) is 5.10 Å². The van der Waals surface area contributed by atoms with Crippen molar-refractivity contribution in [3.8, 4) is 11.4 Å². The second-order valence-corrected chi connectivity index (χ2v) is 13.9. The molecule has 2 aromatic heterocycles. The number of likely N-dealkylation sites (tertiary alicyclic amines) is 1. The third-order valence-corrected chi connectivity index (χ3v) is 11.7. The molecular formula is C25H29F3N4O2S. The van der Waals surface area contributed by atoms with Gasteiger partial charge in [-0.2, -0.15) is 18.3 Å². The molecule has 0 radical (unpaired) electrons. The maximum Gasteiger partial charge on any atom is 0.433 e. The van der Waals surface area contributed by atoms with Crippen molar-refractivity contribution in [1.29, 1.82) is 0 Å². The van der Waals surface area contributed by atoms with Crippen LogP contribution in [0.15, 0.2) is 24.3 Å². The summed E-state index contributed by atoms with van der Waals surface area (Å²) >= 11 is 0. The van der Waals surface area contributed by atoms with Crippen LogP contribution in [0.4, 0.5) is 13.2 Å². The highest BCUT2D eigenvalue weighted by Gasteiger charge is 2.93. The molecule has 6 fully saturated rings. The predicted octanol–water partition coefficient (Wildman–Crippen LogP) is 3.94. The number of hydrogen-bond donors (Lipinski definition) is 0. The minimum Gasteiger partial charge on any atom is -0.300 e. The summed E-state index contributed by atoms with van der Waals surface area (Å²) in [4.78, 5) is 6.46. The first kappa shape index (κ1) is 22.3. The van der Waals surface area contributed by atoms with Gasteiger partial charge in [0.1, 0.15) is 11.4 Å². The zero-order valence-corrected chi connectivity index (χ0v) is 20.6. The molecular weight excluding hydrogens is 477 g/mol. The lowest BCUT2D eigenvalue weighted by molar-refractivity contribution is -0.141. The van der Waals surface area contributed by atoms with Crippen LogP contribution in [-0.4, -0.2) is 58.7 Å². The van der Waals surface area contributed by atoms with Crippen molar-refractivity contribution in [3.63, 3.8) is 0 Å². The van der Waals surface area contributed by atoms with Crippen LogP contribution in [0.2, 0.25) is 0 Å². The van der Waals surface area contributed by atoms with Gasteiger partial charge in [-0.3, -0.25) is 4.68 Å².